The average molecular weight is 523 g/mol. The van der Waals surface area contributed by atoms with E-state index in [2.05, 4.69) is 4.57 Å². The van der Waals surface area contributed by atoms with Crippen molar-refractivity contribution in [2.24, 2.45) is 0 Å². The highest BCUT2D eigenvalue weighted by atomic mass is 19.1. The SMILES string of the molecule is COc1cc(C(=O)N2CCC3(CC2)Oc2cc(F)ccc2-n2cccc23)ccc1OC[C@H]1COC(C)(C)O1. The molecule has 1 amide bonds. The number of rotatable bonds is 5. The third-order valence-electron chi connectivity index (χ3n) is 7.46. The van der Waals surface area contributed by atoms with E-state index in [-0.39, 0.29) is 17.8 Å². The van der Waals surface area contributed by atoms with Gasteiger partial charge < -0.3 is 33.2 Å². The third-order valence-corrected chi connectivity index (χ3v) is 7.46. The van der Waals surface area contributed by atoms with Crippen LogP contribution in [0.1, 0.15) is 42.7 Å². The Hall–Kier alpha value is -3.56. The number of carbonyl (C=O) groups excluding carboxylic acids is 1. The molecule has 0 saturated carbocycles. The normalized spacial score (nSPS) is 20.9. The van der Waals surface area contributed by atoms with Crippen LogP contribution < -0.4 is 14.2 Å². The number of piperidine rings is 1. The minimum Gasteiger partial charge on any atom is -0.493 e. The first-order valence-electron chi connectivity index (χ1n) is 12.9. The fraction of sp³-hybridized carbons (Fsp3) is 0.414. The predicted octanol–water partition coefficient (Wildman–Crippen LogP) is 4.68. The topological polar surface area (TPSA) is 71.4 Å². The molecule has 200 valence electrons. The molecular formula is C29H31FN2O6. The number of ether oxygens (including phenoxy) is 5. The van der Waals surface area contributed by atoms with E-state index in [1.54, 1.807) is 31.4 Å². The number of amides is 1. The smallest absolute Gasteiger partial charge is 0.253 e. The van der Waals surface area contributed by atoms with Gasteiger partial charge in [0.2, 0.25) is 0 Å². The van der Waals surface area contributed by atoms with E-state index >= 15 is 0 Å². The molecule has 0 aliphatic carbocycles. The molecule has 8 nitrogen and oxygen atoms in total. The van der Waals surface area contributed by atoms with E-state index in [1.807, 2.05) is 37.1 Å². The van der Waals surface area contributed by atoms with Crippen LogP contribution >= 0.6 is 0 Å². The molecule has 2 aromatic carbocycles. The number of aromatic nitrogens is 1. The van der Waals surface area contributed by atoms with E-state index in [4.69, 9.17) is 23.7 Å². The number of fused-ring (bicyclic) bond motifs is 4. The summed E-state index contributed by atoms with van der Waals surface area (Å²) in [6, 6.07) is 13.8. The van der Waals surface area contributed by atoms with Crippen molar-refractivity contribution in [1.82, 2.24) is 9.47 Å². The molecule has 0 N–H and O–H groups in total. The van der Waals surface area contributed by atoms with Crippen LogP contribution in [0.5, 0.6) is 17.2 Å². The highest BCUT2D eigenvalue weighted by Gasteiger charge is 2.44. The monoisotopic (exact) mass is 522 g/mol. The fourth-order valence-electron chi connectivity index (χ4n) is 5.55. The summed E-state index contributed by atoms with van der Waals surface area (Å²) in [5.74, 6) is 0.499. The number of hydrogen-bond donors (Lipinski definition) is 0. The summed E-state index contributed by atoms with van der Waals surface area (Å²) in [7, 11) is 1.55. The standard InChI is InChI=1S/C29H31FN2O6/c1-28(2)36-18-21(37-28)17-35-23-9-6-19(15-25(23)34-3)27(33)31-13-10-29(11-14-31)26-5-4-12-32(26)22-8-7-20(30)16-24(22)38-29/h4-9,12,15-16,21H,10-11,13-14,17-18H2,1-3H3/t21-/m0/s1. The lowest BCUT2D eigenvalue weighted by Gasteiger charge is -2.45. The van der Waals surface area contributed by atoms with Crippen LogP contribution in [0.4, 0.5) is 4.39 Å². The molecule has 38 heavy (non-hydrogen) atoms. The van der Waals surface area contributed by atoms with E-state index in [1.165, 1.54) is 12.1 Å². The number of methoxy groups -OCH3 is 1. The second kappa shape index (κ2) is 9.32. The second-order valence-corrected chi connectivity index (χ2v) is 10.4. The third kappa shape index (κ3) is 4.39. The van der Waals surface area contributed by atoms with Gasteiger partial charge in [-0.15, -0.1) is 0 Å². The van der Waals surface area contributed by atoms with Gasteiger partial charge in [0.05, 0.1) is 25.1 Å². The molecule has 2 saturated heterocycles. The van der Waals surface area contributed by atoms with Gasteiger partial charge in [-0.25, -0.2) is 4.39 Å². The number of hydrogen-bond acceptors (Lipinski definition) is 6. The Balaban J connectivity index is 1.14. The van der Waals surface area contributed by atoms with Crippen LogP contribution in [-0.2, 0) is 15.1 Å². The Morgan fingerprint density at radius 2 is 1.92 bits per heavy atom. The molecule has 3 aliphatic rings. The summed E-state index contributed by atoms with van der Waals surface area (Å²) in [4.78, 5) is 15.2. The van der Waals surface area contributed by atoms with Crippen molar-refractivity contribution in [1.29, 1.82) is 0 Å². The van der Waals surface area contributed by atoms with Crippen LogP contribution in [0.15, 0.2) is 54.7 Å². The van der Waals surface area contributed by atoms with Crippen LogP contribution in [0, 0.1) is 5.82 Å². The predicted molar refractivity (Wildman–Crippen MR) is 137 cm³/mol. The zero-order valence-corrected chi connectivity index (χ0v) is 21.7. The van der Waals surface area contributed by atoms with Crippen molar-refractivity contribution in [3.63, 3.8) is 0 Å². The van der Waals surface area contributed by atoms with Gasteiger partial charge in [-0.3, -0.25) is 4.79 Å². The zero-order chi connectivity index (χ0) is 26.5. The molecule has 4 heterocycles. The maximum absolute atomic E-state index is 14.0. The number of nitrogens with zero attached hydrogens (tertiary/aromatic N) is 2. The summed E-state index contributed by atoms with van der Waals surface area (Å²) >= 11 is 0. The maximum Gasteiger partial charge on any atom is 0.253 e. The Bertz CT molecular complexity index is 1360. The van der Waals surface area contributed by atoms with Gasteiger partial charge in [-0.1, -0.05) is 0 Å². The minimum absolute atomic E-state index is 0.0865. The van der Waals surface area contributed by atoms with Crippen LogP contribution in [0.3, 0.4) is 0 Å². The lowest BCUT2D eigenvalue weighted by atomic mass is 9.86. The van der Waals surface area contributed by atoms with Gasteiger partial charge in [-0.05, 0) is 56.3 Å². The quantitative estimate of drug-likeness (QED) is 0.485. The number of halogens is 1. The molecular weight excluding hydrogens is 491 g/mol. The van der Waals surface area contributed by atoms with Crippen molar-refractivity contribution in [2.75, 3.05) is 33.4 Å². The van der Waals surface area contributed by atoms with Crippen LogP contribution in [0.25, 0.3) is 5.69 Å². The van der Waals surface area contributed by atoms with Gasteiger partial charge in [0.15, 0.2) is 22.9 Å². The Morgan fingerprint density at radius 3 is 2.66 bits per heavy atom. The highest BCUT2D eigenvalue weighted by Crippen LogP contribution is 2.45. The second-order valence-electron chi connectivity index (χ2n) is 10.4. The van der Waals surface area contributed by atoms with Crippen molar-refractivity contribution in [3.8, 4) is 22.9 Å². The van der Waals surface area contributed by atoms with Crippen LogP contribution in [-0.4, -0.2) is 60.7 Å². The first kappa shape index (κ1) is 24.8. The Kier molecular flexibility index (Phi) is 6.07. The highest BCUT2D eigenvalue weighted by molar-refractivity contribution is 5.95. The van der Waals surface area contributed by atoms with Crippen LogP contribution in [0.2, 0.25) is 0 Å². The number of benzene rings is 2. The van der Waals surface area contributed by atoms with E-state index in [0.717, 1.165) is 11.4 Å². The Morgan fingerprint density at radius 1 is 1.11 bits per heavy atom. The summed E-state index contributed by atoms with van der Waals surface area (Å²) in [5, 5.41) is 0. The molecule has 3 aliphatic heterocycles. The van der Waals surface area contributed by atoms with Gasteiger partial charge >= 0.3 is 0 Å². The van der Waals surface area contributed by atoms with Crippen molar-refractivity contribution >= 4 is 5.91 Å². The molecule has 2 fully saturated rings. The maximum atomic E-state index is 14.0. The summed E-state index contributed by atoms with van der Waals surface area (Å²) in [6.45, 7) is 5.52. The first-order valence-corrected chi connectivity index (χ1v) is 12.9. The van der Waals surface area contributed by atoms with E-state index in [0.29, 0.717) is 62.0 Å². The molecule has 0 unspecified atom stereocenters. The lowest BCUT2D eigenvalue weighted by Crippen LogP contribution is -2.50. The van der Waals surface area contributed by atoms with Gasteiger partial charge in [0.1, 0.15) is 24.3 Å². The summed E-state index contributed by atoms with van der Waals surface area (Å²) in [5.41, 5.74) is 1.75. The molecule has 1 aromatic heterocycles. The molecule has 1 spiro atoms. The van der Waals surface area contributed by atoms with Gasteiger partial charge in [0.25, 0.3) is 5.91 Å². The molecule has 0 radical (unpaired) electrons. The Labute approximate surface area is 220 Å². The molecule has 0 bridgehead atoms. The first-order chi connectivity index (χ1) is 18.3. The molecule has 1 atom stereocenters. The van der Waals surface area contributed by atoms with Crippen molar-refractivity contribution in [2.45, 2.75) is 44.2 Å². The molecule has 9 heteroatoms. The van der Waals surface area contributed by atoms with Gasteiger partial charge in [-0.2, -0.15) is 0 Å². The molecule has 3 aromatic rings. The summed E-state index contributed by atoms with van der Waals surface area (Å²) in [6.07, 6.45) is 2.98. The number of likely N-dealkylation sites (tertiary alicyclic amines) is 1. The fourth-order valence-corrected chi connectivity index (χ4v) is 5.55. The minimum atomic E-state index is -0.618. The zero-order valence-electron chi connectivity index (χ0n) is 21.7. The van der Waals surface area contributed by atoms with Gasteiger partial charge in [0, 0.05) is 43.8 Å². The van der Waals surface area contributed by atoms with Crippen molar-refractivity contribution < 1.29 is 32.9 Å². The lowest BCUT2D eigenvalue weighted by molar-refractivity contribution is -0.141. The number of carbonyl (C=O) groups is 1. The summed E-state index contributed by atoms with van der Waals surface area (Å²) < 4.78 is 45.3. The van der Waals surface area contributed by atoms with E-state index in [9.17, 15) is 9.18 Å². The largest absolute Gasteiger partial charge is 0.493 e. The van der Waals surface area contributed by atoms with Crippen molar-refractivity contribution in [3.05, 3.63) is 71.8 Å². The van der Waals surface area contributed by atoms with E-state index < -0.39 is 11.4 Å². The average Bonchev–Trinajstić information content (AvgIpc) is 3.54. The molecule has 6 rings (SSSR count).